The van der Waals surface area contributed by atoms with Crippen LogP contribution in [0.1, 0.15) is 85.5 Å². The molecule has 6 atom stereocenters. The maximum atomic E-state index is 12.2. The third kappa shape index (κ3) is 3.43. The minimum absolute atomic E-state index is 0.330. The fourth-order valence-corrected chi connectivity index (χ4v) is 9.38. The van der Waals surface area contributed by atoms with E-state index in [9.17, 15) is 4.79 Å². The molecule has 29 heavy (non-hydrogen) atoms. The molecule has 164 valence electrons. The number of rotatable bonds is 4. The van der Waals surface area contributed by atoms with Gasteiger partial charge in [-0.05, 0) is 110 Å². The summed E-state index contributed by atoms with van der Waals surface area (Å²) in [5, 5.41) is 0. The van der Waals surface area contributed by atoms with Gasteiger partial charge in [0.05, 0.1) is 0 Å². The van der Waals surface area contributed by atoms with Crippen LogP contribution in [0.5, 0.6) is 0 Å². The van der Waals surface area contributed by atoms with Crippen LogP contribution in [0.4, 0.5) is 0 Å². The largest absolute Gasteiger partial charge is 0.420 e. The van der Waals surface area contributed by atoms with Crippen LogP contribution in [0.3, 0.4) is 0 Å². The lowest BCUT2D eigenvalue weighted by Gasteiger charge is -2.60. The van der Waals surface area contributed by atoms with Gasteiger partial charge in [-0.1, -0.05) is 33.3 Å². The maximum Gasteiger partial charge on any atom is 0.170 e. The molecule has 0 radical (unpaired) electrons. The molecule has 2 nitrogen and oxygen atoms in total. The second-order valence-corrected chi connectivity index (χ2v) is 14.6. The first-order valence-corrected chi connectivity index (χ1v) is 15.3. The molecule has 0 amide bonds. The number of carbonyl (C=O) groups is 1. The van der Waals surface area contributed by atoms with Crippen LogP contribution in [0.25, 0.3) is 0 Å². The summed E-state index contributed by atoms with van der Waals surface area (Å²) in [5.41, 5.74) is 2.62. The summed E-state index contributed by atoms with van der Waals surface area (Å²) in [6.45, 7) is 15.5. The molecular formula is C26H44O2Si. The highest BCUT2D eigenvalue weighted by molar-refractivity contribution is 6.48. The number of allylic oxidation sites excluding steroid dienone is 1. The van der Waals surface area contributed by atoms with Crippen molar-refractivity contribution in [3.05, 3.63) is 11.6 Å². The van der Waals surface area contributed by atoms with E-state index in [1.807, 2.05) is 0 Å². The van der Waals surface area contributed by atoms with Crippen LogP contribution in [0.15, 0.2) is 11.6 Å². The lowest BCUT2D eigenvalue weighted by atomic mass is 9.44. The van der Waals surface area contributed by atoms with Gasteiger partial charge in [-0.15, -0.1) is 0 Å². The summed E-state index contributed by atoms with van der Waals surface area (Å²) >= 11 is 0. The van der Waals surface area contributed by atoms with Crippen LogP contribution in [0.2, 0.25) is 13.1 Å². The number of fused-ring (bicyclic) bond motifs is 5. The quantitative estimate of drug-likeness (QED) is 0.486. The molecule has 0 saturated heterocycles. The molecule has 0 aromatic heterocycles. The molecule has 0 unspecified atom stereocenters. The summed E-state index contributed by atoms with van der Waals surface area (Å²) in [6, 6.07) is 0. The molecule has 4 rings (SSSR count). The summed E-state index contributed by atoms with van der Waals surface area (Å²) in [4.78, 5) is 12.2. The van der Waals surface area contributed by atoms with E-state index < -0.39 is 9.04 Å². The van der Waals surface area contributed by atoms with Crippen molar-refractivity contribution < 1.29 is 9.22 Å². The van der Waals surface area contributed by atoms with Crippen molar-refractivity contribution in [3.63, 3.8) is 0 Å². The Bertz CT molecular complexity index is 675. The topological polar surface area (TPSA) is 26.3 Å². The molecule has 0 bridgehead atoms. The molecule has 0 aromatic carbocycles. The average Bonchev–Trinajstić information content (AvgIpc) is 3.06. The average molecular weight is 417 g/mol. The summed E-state index contributed by atoms with van der Waals surface area (Å²) < 4.78 is 6.55. The number of ketones is 1. The van der Waals surface area contributed by atoms with Gasteiger partial charge < -0.3 is 4.43 Å². The molecule has 0 aromatic rings. The predicted octanol–water partition coefficient (Wildman–Crippen LogP) is 6.55. The van der Waals surface area contributed by atoms with Crippen LogP contribution in [-0.2, 0) is 9.22 Å². The fourth-order valence-electron chi connectivity index (χ4n) is 8.73. The van der Waals surface area contributed by atoms with E-state index in [0.717, 1.165) is 43.1 Å². The van der Waals surface area contributed by atoms with E-state index in [0.29, 0.717) is 22.0 Å². The Labute approximate surface area is 181 Å². The molecule has 3 saturated carbocycles. The van der Waals surface area contributed by atoms with E-state index in [1.165, 1.54) is 50.5 Å². The first-order valence-electron chi connectivity index (χ1n) is 12.5. The van der Waals surface area contributed by atoms with Gasteiger partial charge in [-0.3, -0.25) is 4.79 Å². The van der Waals surface area contributed by atoms with Gasteiger partial charge >= 0.3 is 0 Å². The normalized spacial score (nSPS) is 42.3. The minimum Gasteiger partial charge on any atom is -0.420 e. The minimum atomic E-state index is -1.02. The van der Waals surface area contributed by atoms with E-state index in [1.54, 1.807) is 0 Å². The highest BCUT2D eigenvalue weighted by atomic mass is 28.3. The zero-order chi connectivity index (χ0) is 21.0. The van der Waals surface area contributed by atoms with Gasteiger partial charge in [0, 0.05) is 13.0 Å². The number of hydrogen-bond acceptors (Lipinski definition) is 2. The molecular weight excluding hydrogens is 372 g/mol. The lowest BCUT2D eigenvalue weighted by Crippen LogP contribution is -2.55. The van der Waals surface area contributed by atoms with Gasteiger partial charge in [0.1, 0.15) is 0 Å². The van der Waals surface area contributed by atoms with Gasteiger partial charge in [0.25, 0.3) is 0 Å². The molecule has 0 aliphatic heterocycles. The Balaban J connectivity index is 1.69. The van der Waals surface area contributed by atoms with Gasteiger partial charge in [0.2, 0.25) is 0 Å². The lowest BCUT2D eigenvalue weighted by molar-refractivity contribution is -0.120. The van der Waals surface area contributed by atoms with Crippen LogP contribution >= 0.6 is 0 Å². The first-order chi connectivity index (χ1) is 13.6. The van der Waals surface area contributed by atoms with E-state index in [2.05, 4.69) is 46.9 Å². The van der Waals surface area contributed by atoms with Crippen molar-refractivity contribution in [2.24, 2.45) is 39.9 Å². The second-order valence-electron chi connectivity index (χ2n) is 12.2. The summed E-state index contributed by atoms with van der Waals surface area (Å²) in [7, 11) is -1.02. The molecule has 4 aliphatic rings. The standard InChI is InChI=1S/C26H44O2Si/c1-7-25-14-12-19(27)16-18(25)8-9-20-21-10-11-23(24(2,3)4)26(21,15-13-22(20)25)17-28-29(5)6/h16,20-23,29H,7-15,17H2,1-6H3/t20-,21-,22-,23+,25-,26+/m0/s1. The van der Waals surface area contributed by atoms with E-state index in [4.69, 9.17) is 4.43 Å². The van der Waals surface area contributed by atoms with Gasteiger partial charge in [-0.2, -0.15) is 0 Å². The Kier molecular flexibility index (Phi) is 5.73. The van der Waals surface area contributed by atoms with E-state index >= 15 is 0 Å². The van der Waals surface area contributed by atoms with Gasteiger partial charge in [-0.25, -0.2) is 0 Å². The van der Waals surface area contributed by atoms with Gasteiger partial charge in [0.15, 0.2) is 14.8 Å². The van der Waals surface area contributed by atoms with Crippen molar-refractivity contribution in [3.8, 4) is 0 Å². The second kappa shape index (κ2) is 7.62. The molecule has 0 N–H and O–H groups in total. The monoisotopic (exact) mass is 416 g/mol. The van der Waals surface area contributed by atoms with Crippen molar-refractivity contribution in [2.75, 3.05) is 6.61 Å². The van der Waals surface area contributed by atoms with Crippen LogP contribution in [0, 0.1) is 39.9 Å². The Morgan fingerprint density at radius 3 is 2.48 bits per heavy atom. The fraction of sp³-hybridized carbons (Fsp3) is 0.885. The number of carbonyl (C=O) groups excluding carboxylic acids is 1. The first kappa shape index (κ1) is 21.8. The Hall–Kier alpha value is -0.413. The molecule has 0 heterocycles. The predicted molar refractivity (Wildman–Crippen MR) is 123 cm³/mol. The van der Waals surface area contributed by atoms with Crippen molar-refractivity contribution in [2.45, 2.75) is 98.6 Å². The van der Waals surface area contributed by atoms with Crippen molar-refractivity contribution in [1.29, 1.82) is 0 Å². The van der Waals surface area contributed by atoms with Crippen LogP contribution in [-0.4, -0.2) is 21.4 Å². The van der Waals surface area contributed by atoms with Crippen LogP contribution < -0.4 is 0 Å². The maximum absolute atomic E-state index is 12.2. The third-order valence-corrected chi connectivity index (χ3v) is 10.6. The highest BCUT2D eigenvalue weighted by Crippen LogP contribution is 2.69. The SMILES string of the molecule is CC[C@]12CCC(=O)C=C1CC[C@@H]1[C@@H]2CC[C@]2(CO[SiH](C)C)[C@@H](C(C)(C)C)CC[C@@H]12. The molecule has 3 fully saturated rings. The smallest absolute Gasteiger partial charge is 0.170 e. The highest BCUT2D eigenvalue weighted by Gasteiger charge is 2.62. The van der Waals surface area contributed by atoms with Crippen molar-refractivity contribution in [1.82, 2.24) is 0 Å². The zero-order valence-electron chi connectivity index (χ0n) is 19.9. The van der Waals surface area contributed by atoms with E-state index in [-0.39, 0.29) is 0 Å². The zero-order valence-corrected chi connectivity index (χ0v) is 21.0. The van der Waals surface area contributed by atoms with Crippen molar-refractivity contribution >= 4 is 14.8 Å². The Morgan fingerprint density at radius 1 is 1.07 bits per heavy atom. The summed E-state index contributed by atoms with van der Waals surface area (Å²) in [6.07, 6.45) is 13.2. The molecule has 4 aliphatic carbocycles. The molecule has 3 heteroatoms. The molecule has 0 spiro atoms. The summed E-state index contributed by atoms with van der Waals surface area (Å²) in [5.74, 6) is 3.65. The Morgan fingerprint density at radius 2 is 1.83 bits per heavy atom. The third-order valence-electron chi connectivity index (χ3n) is 9.76. The number of hydrogen-bond donors (Lipinski definition) is 0.